The van der Waals surface area contributed by atoms with E-state index in [1.807, 2.05) is 27.7 Å². The van der Waals surface area contributed by atoms with Crippen LogP contribution in [0.5, 0.6) is 0 Å². The molecule has 4 heterocycles. The number of anilines is 1. The number of carbonyl (C=O) groups excluding carboxylic acids is 2. The maximum atomic E-state index is 15.0. The van der Waals surface area contributed by atoms with Crippen molar-refractivity contribution in [3.05, 3.63) is 46.6 Å². The third-order valence-corrected chi connectivity index (χ3v) is 9.91. The number of benzene rings is 1. The van der Waals surface area contributed by atoms with Gasteiger partial charge in [-0.15, -0.1) is 0 Å². The number of carbonyl (C=O) groups is 2. The van der Waals surface area contributed by atoms with E-state index in [9.17, 15) is 14.0 Å². The van der Waals surface area contributed by atoms with Crippen molar-refractivity contribution in [1.82, 2.24) is 20.1 Å². The minimum Gasteiger partial charge on any atom is -0.369 e. The number of amides is 2. The highest BCUT2D eigenvalue weighted by atomic mass is 32.1. The fourth-order valence-electron chi connectivity index (χ4n) is 6.62. The van der Waals surface area contributed by atoms with Crippen molar-refractivity contribution in [2.75, 3.05) is 65.5 Å². The van der Waals surface area contributed by atoms with Gasteiger partial charge in [-0.25, -0.2) is 4.98 Å². The van der Waals surface area contributed by atoms with E-state index in [0.29, 0.717) is 29.2 Å². The number of nitrogens with one attached hydrogen (secondary N) is 1. The number of ether oxygens (including phenoxy) is 3. The van der Waals surface area contributed by atoms with E-state index >= 15 is 0 Å². The maximum Gasteiger partial charge on any atom is 0.251 e. The van der Waals surface area contributed by atoms with E-state index in [1.165, 1.54) is 0 Å². The highest BCUT2D eigenvalue weighted by Crippen LogP contribution is 2.42. The van der Waals surface area contributed by atoms with Gasteiger partial charge in [-0.1, -0.05) is 49.0 Å². The molecule has 246 valence electrons. The molecule has 3 aliphatic rings. The first-order valence-corrected chi connectivity index (χ1v) is 16.5. The number of nitrogens with zero attached hydrogens (tertiary/aromatic N) is 4. The number of methoxy groups -OCH3 is 2. The van der Waals surface area contributed by atoms with Crippen molar-refractivity contribution in [3.63, 3.8) is 0 Å². The molecule has 3 aliphatic heterocycles. The van der Waals surface area contributed by atoms with E-state index in [0.717, 1.165) is 43.1 Å². The summed E-state index contributed by atoms with van der Waals surface area (Å²) < 4.78 is 32.8. The first-order chi connectivity index (χ1) is 21.5. The summed E-state index contributed by atoms with van der Waals surface area (Å²) in [5, 5.41) is 3.31. The summed E-state index contributed by atoms with van der Waals surface area (Å²) in [5.41, 5.74) is 2.39. The van der Waals surface area contributed by atoms with Crippen molar-refractivity contribution in [2.24, 2.45) is 11.8 Å². The second kappa shape index (κ2) is 13.8. The molecule has 1 N–H and O–H groups in total. The first-order valence-electron chi connectivity index (χ1n) is 15.6. The van der Waals surface area contributed by atoms with Crippen LogP contribution >= 0.6 is 11.3 Å². The molecule has 3 fully saturated rings. The van der Waals surface area contributed by atoms with Crippen molar-refractivity contribution in [3.8, 4) is 11.3 Å². The Balaban J connectivity index is 1.33. The molecule has 2 amide bonds. The second-order valence-electron chi connectivity index (χ2n) is 13.0. The Morgan fingerprint density at radius 2 is 1.82 bits per heavy atom. The normalized spacial score (nSPS) is 23.7. The van der Waals surface area contributed by atoms with E-state index in [2.05, 4.69) is 33.2 Å². The van der Waals surface area contributed by atoms with Crippen LogP contribution in [0.15, 0.2) is 35.9 Å². The number of aromatic nitrogens is 1. The third kappa shape index (κ3) is 6.95. The molecular formula is C33H46FN5O5S. The lowest BCUT2D eigenvalue weighted by molar-refractivity contribution is -0.227. The van der Waals surface area contributed by atoms with Gasteiger partial charge in [0.2, 0.25) is 16.8 Å². The van der Waals surface area contributed by atoms with Crippen LogP contribution in [0, 0.1) is 17.0 Å². The summed E-state index contributed by atoms with van der Waals surface area (Å²) in [6, 6.07) is 5.48. The molecule has 0 aliphatic carbocycles. The van der Waals surface area contributed by atoms with Crippen LogP contribution in [0.2, 0.25) is 0 Å². The molecule has 0 radical (unpaired) electrons. The van der Waals surface area contributed by atoms with Crippen LogP contribution in [-0.4, -0.2) is 111 Å². The number of fused-ring (bicyclic) bond motifs is 1. The molecule has 0 saturated carbocycles. The largest absolute Gasteiger partial charge is 0.369 e. The molecule has 10 nitrogen and oxygen atoms in total. The molecule has 45 heavy (non-hydrogen) atoms. The van der Waals surface area contributed by atoms with Crippen molar-refractivity contribution < 1.29 is 28.2 Å². The molecule has 4 atom stereocenters. The van der Waals surface area contributed by atoms with E-state index < -0.39 is 17.9 Å². The third-order valence-electron chi connectivity index (χ3n) is 9.00. The van der Waals surface area contributed by atoms with Crippen LogP contribution in [0.25, 0.3) is 11.3 Å². The van der Waals surface area contributed by atoms with Crippen LogP contribution in [-0.2, 0) is 19.0 Å². The number of piperazine rings is 1. The van der Waals surface area contributed by atoms with Crippen molar-refractivity contribution in [1.29, 1.82) is 0 Å². The SMILES string of the molecule is COC1(OC)CO[C@@H]2[C@H](C=C(C)C)CN(C(=O)[C@H](CC(C)C)NC(=O)c3ccc(-c4nc(N5CCN(C)CC5)sc4F)cc3)[C@@H]21. The molecule has 1 aromatic heterocycles. The van der Waals surface area contributed by atoms with Crippen LogP contribution < -0.4 is 10.2 Å². The minimum absolute atomic E-state index is 0.0260. The highest BCUT2D eigenvalue weighted by Gasteiger charge is 2.61. The van der Waals surface area contributed by atoms with Crippen LogP contribution in [0.4, 0.5) is 9.52 Å². The Morgan fingerprint density at radius 3 is 2.42 bits per heavy atom. The van der Waals surface area contributed by atoms with Gasteiger partial charge in [-0.3, -0.25) is 9.59 Å². The Kier molecular flexibility index (Phi) is 10.3. The Morgan fingerprint density at radius 1 is 1.16 bits per heavy atom. The summed E-state index contributed by atoms with van der Waals surface area (Å²) in [7, 11) is 5.20. The molecule has 2 aromatic rings. The second-order valence-corrected chi connectivity index (χ2v) is 13.9. The number of allylic oxidation sites excluding steroid dienone is 1. The lowest BCUT2D eigenvalue weighted by atomic mass is 9.97. The maximum absolute atomic E-state index is 15.0. The molecule has 12 heteroatoms. The lowest BCUT2D eigenvalue weighted by Crippen LogP contribution is -2.58. The van der Waals surface area contributed by atoms with Gasteiger partial charge in [-0.05, 0) is 45.4 Å². The van der Waals surface area contributed by atoms with E-state index in [-0.39, 0.29) is 47.2 Å². The number of hydrogen-bond donors (Lipinski definition) is 1. The zero-order valence-corrected chi connectivity index (χ0v) is 28.2. The Labute approximate surface area is 269 Å². The van der Waals surface area contributed by atoms with E-state index in [4.69, 9.17) is 14.2 Å². The van der Waals surface area contributed by atoms with Gasteiger partial charge < -0.3 is 34.2 Å². The minimum atomic E-state index is -1.10. The van der Waals surface area contributed by atoms with Gasteiger partial charge in [-0.2, -0.15) is 4.39 Å². The number of likely N-dealkylation sites (N-methyl/N-ethyl adjacent to an activating group) is 1. The standard InChI is InChI=1S/C33H46FN5O5S/c1-20(2)16-24-18-39(28-27(24)44-19-33(28,42-6)43-7)31(41)25(17-21(3)4)35-30(40)23-10-8-22(9-11-23)26-29(34)45-32(36-26)38-14-12-37(5)13-15-38/h8-11,16,21,24-25,27-28H,12-15,17-19H2,1-7H3,(H,35,40)/t24-,25+,27-,28+/m1/s1. The highest BCUT2D eigenvalue weighted by molar-refractivity contribution is 7.14. The van der Waals surface area contributed by atoms with Gasteiger partial charge in [0.25, 0.3) is 5.91 Å². The summed E-state index contributed by atoms with van der Waals surface area (Å²) in [4.78, 5) is 38.5. The topological polar surface area (TPSA) is 96.5 Å². The number of thiazole rings is 1. The lowest BCUT2D eigenvalue weighted by Gasteiger charge is -2.37. The van der Waals surface area contributed by atoms with Gasteiger partial charge in [0.05, 0.1) is 6.10 Å². The predicted molar refractivity (Wildman–Crippen MR) is 173 cm³/mol. The summed E-state index contributed by atoms with van der Waals surface area (Å²) in [6.45, 7) is 12.1. The molecule has 0 unspecified atom stereocenters. The molecule has 0 spiro atoms. The zero-order chi connectivity index (χ0) is 32.5. The summed E-state index contributed by atoms with van der Waals surface area (Å²) >= 11 is 1.05. The first kappa shape index (κ1) is 33.5. The van der Waals surface area contributed by atoms with Gasteiger partial charge >= 0.3 is 0 Å². The molecule has 5 rings (SSSR count). The summed E-state index contributed by atoms with van der Waals surface area (Å²) in [6.07, 6.45) is 2.30. The molecular weight excluding hydrogens is 597 g/mol. The van der Waals surface area contributed by atoms with Crippen LogP contribution in [0.1, 0.15) is 44.5 Å². The van der Waals surface area contributed by atoms with Crippen molar-refractivity contribution >= 4 is 28.3 Å². The fraction of sp³-hybridized carbons (Fsp3) is 0.606. The predicted octanol–water partition coefficient (Wildman–Crippen LogP) is 4.03. The molecule has 3 saturated heterocycles. The number of rotatable bonds is 10. The van der Waals surface area contributed by atoms with Gasteiger partial charge in [0.1, 0.15) is 24.4 Å². The quantitative estimate of drug-likeness (QED) is 0.307. The van der Waals surface area contributed by atoms with E-state index in [1.54, 1.807) is 43.4 Å². The fourth-order valence-corrected chi connectivity index (χ4v) is 7.49. The Hall–Kier alpha value is -2.90. The van der Waals surface area contributed by atoms with Gasteiger partial charge in [0, 0.05) is 64.0 Å². The molecule has 0 bridgehead atoms. The van der Waals surface area contributed by atoms with Crippen molar-refractivity contribution in [2.45, 2.75) is 58.1 Å². The molecule has 1 aromatic carbocycles. The average molecular weight is 644 g/mol. The average Bonchev–Trinajstić information content (AvgIpc) is 3.70. The number of halogens is 1. The Bertz CT molecular complexity index is 1380. The number of likely N-dealkylation sites (tertiary alicyclic amines) is 1. The smallest absolute Gasteiger partial charge is 0.251 e. The monoisotopic (exact) mass is 643 g/mol. The summed E-state index contributed by atoms with van der Waals surface area (Å²) in [5.74, 6) is -1.55. The number of hydrogen-bond acceptors (Lipinski definition) is 9. The van der Waals surface area contributed by atoms with Gasteiger partial charge in [0.15, 0.2) is 5.13 Å². The zero-order valence-electron chi connectivity index (χ0n) is 27.3. The van der Waals surface area contributed by atoms with Crippen LogP contribution in [0.3, 0.4) is 0 Å².